The van der Waals surface area contributed by atoms with E-state index in [0.29, 0.717) is 17.1 Å². The molecule has 0 bridgehead atoms. The Labute approximate surface area is 196 Å². The summed E-state index contributed by atoms with van der Waals surface area (Å²) < 4.78 is 25.0. The van der Waals surface area contributed by atoms with E-state index in [4.69, 9.17) is 0 Å². The van der Waals surface area contributed by atoms with Gasteiger partial charge in [-0.1, -0.05) is 38.5 Å². The summed E-state index contributed by atoms with van der Waals surface area (Å²) in [6.07, 6.45) is 2.86. The van der Waals surface area contributed by atoms with E-state index in [2.05, 4.69) is 5.32 Å². The van der Waals surface area contributed by atoms with Gasteiger partial charge in [-0.3, -0.25) is 14.5 Å². The summed E-state index contributed by atoms with van der Waals surface area (Å²) in [5, 5.41) is 3.38. The minimum absolute atomic E-state index is 0.0324. The SMILES string of the molecule is CC(=O)N1c2ccc(-c3ccc(S(=O)(=O)CC(C)C)cc3)cc2NC[C@@]1(C)C(=O)C1CCC1. The first kappa shape index (κ1) is 23.5. The Morgan fingerprint density at radius 1 is 1.09 bits per heavy atom. The summed E-state index contributed by atoms with van der Waals surface area (Å²) in [5.41, 5.74) is 2.38. The quantitative estimate of drug-likeness (QED) is 0.665. The summed E-state index contributed by atoms with van der Waals surface area (Å²) >= 11 is 0. The molecule has 1 aliphatic heterocycles. The Balaban J connectivity index is 1.64. The highest BCUT2D eigenvalue weighted by Gasteiger charge is 2.48. The van der Waals surface area contributed by atoms with Gasteiger partial charge in [0.1, 0.15) is 5.54 Å². The smallest absolute Gasteiger partial charge is 0.224 e. The van der Waals surface area contributed by atoms with Crippen LogP contribution in [-0.2, 0) is 19.4 Å². The minimum atomic E-state index is -3.30. The molecule has 0 saturated heterocycles. The van der Waals surface area contributed by atoms with E-state index in [9.17, 15) is 18.0 Å². The van der Waals surface area contributed by atoms with Gasteiger partial charge in [-0.25, -0.2) is 8.42 Å². The lowest BCUT2D eigenvalue weighted by atomic mass is 9.73. The number of hydrogen-bond acceptors (Lipinski definition) is 5. The van der Waals surface area contributed by atoms with Crippen molar-refractivity contribution in [2.75, 3.05) is 22.5 Å². The fourth-order valence-electron chi connectivity index (χ4n) is 4.88. The second-order valence-electron chi connectivity index (χ2n) is 9.91. The van der Waals surface area contributed by atoms with Crippen LogP contribution in [0, 0.1) is 11.8 Å². The second-order valence-corrected chi connectivity index (χ2v) is 11.9. The van der Waals surface area contributed by atoms with Gasteiger partial charge in [0.05, 0.1) is 22.0 Å². The summed E-state index contributed by atoms with van der Waals surface area (Å²) in [6.45, 7) is 7.51. The average molecular weight is 469 g/mol. The van der Waals surface area contributed by atoms with E-state index in [-0.39, 0.29) is 29.3 Å². The summed E-state index contributed by atoms with van der Waals surface area (Å²) in [4.78, 5) is 27.8. The normalized spacial score (nSPS) is 20.7. The van der Waals surface area contributed by atoms with Crippen molar-refractivity contribution in [2.45, 2.75) is 57.4 Å². The van der Waals surface area contributed by atoms with Gasteiger partial charge in [-0.2, -0.15) is 0 Å². The third-order valence-corrected chi connectivity index (χ3v) is 8.87. The molecule has 2 aromatic carbocycles. The molecule has 0 radical (unpaired) electrons. The van der Waals surface area contributed by atoms with Crippen molar-refractivity contribution in [2.24, 2.45) is 11.8 Å². The number of carbonyl (C=O) groups is 2. The van der Waals surface area contributed by atoms with Crippen molar-refractivity contribution >= 4 is 32.9 Å². The fraction of sp³-hybridized carbons (Fsp3) is 0.462. The maximum absolute atomic E-state index is 13.2. The van der Waals surface area contributed by atoms with Crippen LogP contribution >= 0.6 is 0 Å². The first-order chi connectivity index (χ1) is 15.5. The van der Waals surface area contributed by atoms with Gasteiger partial charge < -0.3 is 5.32 Å². The van der Waals surface area contributed by atoms with E-state index in [1.165, 1.54) is 6.92 Å². The van der Waals surface area contributed by atoms with E-state index in [1.54, 1.807) is 17.0 Å². The van der Waals surface area contributed by atoms with Gasteiger partial charge in [-0.05, 0) is 61.1 Å². The van der Waals surface area contributed by atoms with Crippen LogP contribution in [0.5, 0.6) is 0 Å². The lowest BCUT2D eigenvalue weighted by Gasteiger charge is -2.47. The Morgan fingerprint density at radius 2 is 1.73 bits per heavy atom. The van der Waals surface area contributed by atoms with Crippen LogP contribution in [0.15, 0.2) is 47.4 Å². The van der Waals surface area contributed by atoms with E-state index in [1.807, 2.05) is 51.1 Å². The number of sulfone groups is 1. The molecule has 1 heterocycles. The molecule has 2 aliphatic rings. The number of hydrogen-bond donors (Lipinski definition) is 1. The maximum atomic E-state index is 13.2. The Bertz CT molecular complexity index is 1180. The van der Waals surface area contributed by atoms with Crippen molar-refractivity contribution in [1.29, 1.82) is 0 Å². The first-order valence-corrected chi connectivity index (χ1v) is 13.2. The van der Waals surface area contributed by atoms with Gasteiger partial charge in [-0.15, -0.1) is 0 Å². The van der Waals surface area contributed by atoms with Crippen molar-refractivity contribution in [3.63, 3.8) is 0 Å². The average Bonchev–Trinajstić information content (AvgIpc) is 2.71. The molecule has 1 saturated carbocycles. The molecule has 1 amide bonds. The van der Waals surface area contributed by atoms with Crippen LogP contribution in [0.1, 0.15) is 47.0 Å². The number of ketones is 1. The molecule has 33 heavy (non-hydrogen) atoms. The number of fused-ring (bicyclic) bond motifs is 1. The molecule has 0 spiro atoms. The number of carbonyl (C=O) groups excluding carboxylic acids is 2. The van der Waals surface area contributed by atoms with E-state index in [0.717, 1.165) is 36.1 Å². The molecule has 1 fully saturated rings. The molecule has 0 aromatic heterocycles. The number of nitrogens with zero attached hydrogens (tertiary/aromatic N) is 1. The Hall–Kier alpha value is -2.67. The predicted molar refractivity (Wildman–Crippen MR) is 131 cm³/mol. The molecular formula is C26H32N2O4S. The highest BCUT2D eigenvalue weighted by Crippen LogP contribution is 2.42. The lowest BCUT2D eigenvalue weighted by molar-refractivity contribution is -0.132. The molecule has 176 valence electrons. The standard InChI is InChI=1S/C26H32N2O4S/c1-17(2)15-33(31,32)22-11-8-19(9-12-22)21-10-13-24-23(14-21)27-16-26(4,28(24)18(3)29)25(30)20-6-5-7-20/h8-14,17,20,27H,5-7,15-16H2,1-4H3/t26-/m0/s1. The topological polar surface area (TPSA) is 83.6 Å². The lowest BCUT2D eigenvalue weighted by Crippen LogP contribution is -2.63. The van der Waals surface area contributed by atoms with Crippen LogP contribution in [0.2, 0.25) is 0 Å². The second kappa shape index (κ2) is 8.60. The van der Waals surface area contributed by atoms with Crippen molar-refractivity contribution in [1.82, 2.24) is 0 Å². The van der Waals surface area contributed by atoms with Crippen LogP contribution in [0.3, 0.4) is 0 Å². The van der Waals surface area contributed by atoms with Gasteiger partial charge >= 0.3 is 0 Å². The number of anilines is 2. The fourth-order valence-corrected chi connectivity index (χ4v) is 6.50. The van der Waals surface area contributed by atoms with Gasteiger partial charge in [0.15, 0.2) is 15.6 Å². The largest absolute Gasteiger partial charge is 0.381 e. The molecule has 1 atom stereocenters. The zero-order chi connectivity index (χ0) is 24.0. The maximum Gasteiger partial charge on any atom is 0.224 e. The van der Waals surface area contributed by atoms with Crippen LogP contribution in [0.25, 0.3) is 11.1 Å². The molecule has 2 aromatic rings. The number of rotatable bonds is 6. The van der Waals surface area contributed by atoms with Crippen LogP contribution in [0.4, 0.5) is 11.4 Å². The Morgan fingerprint density at radius 3 is 2.27 bits per heavy atom. The predicted octanol–water partition coefficient (Wildman–Crippen LogP) is 4.69. The highest BCUT2D eigenvalue weighted by molar-refractivity contribution is 7.91. The van der Waals surface area contributed by atoms with Crippen LogP contribution in [-0.4, -0.2) is 37.9 Å². The van der Waals surface area contributed by atoms with E-state index < -0.39 is 15.4 Å². The number of amides is 1. The molecule has 6 nitrogen and oxygen atoms in total. The monoisotopic (exact) mass is 468 g/mol. The van der Waals surface area contributed by atoms with Crippen molar-refractivity contribution < 1.29 is 18.0 Å². The number of Topliss-reactive ketones (excluding diaryl/α,β-unsaturated/α-hetero) is 1. The molecular weight excluding hydrogens is 436 g/mol. The van der Waals surface area contributed by atoms with Crippen molar-refractivity contribution in [3.8, 4) is 11.1 Å². The Kier molecular flexibility index (Phi) is 6.12. The third kappa shape index (κ3) is 4.31. The van der Waals surface area contributed by atoms with E-state index >= 15 is 0 Å². The molecule has 1 N–H and O–H groups in total. The van der Waals surface area contributed by atoms with Crippen molar-refractivity contribution in [3.05, 3.63) is 42.5 Å². The van der Waals surface area contributed by atoms with Gasteiger partial charge in [0.25, 0.3) is 0 Å². The third-order valence-electron chi connectivity index (χ3n) is 6.78. The highest BCUT2D eigenvalue weighted by atomic mass is 32.2. The molecule has 4 rings (SSSR count). The summed E-state index contributed by atoms with van der Waals surface area (Å²) in [5.74, 6) is 0.191. The number of benzene rings is 2. The molecule has 1 aliphatic carbocycles. The minimum Gasteiger partial charge on any atom is -0.381 e. The first-order valence-electron chi connectivity index (χ1n) is 11.6. The molecule has 0 unspecified atom stereocenters. The summed E-state index contributed by atoms with van der Waals surface area (Å²) in [6, 6.07) is 12.7. The molecule has 7 heteroatoms. The zero-order valence-corrected chi connectivity index (χ0v) is 20.5. The summed E-state index contributed by atoms with van der Waals surface area (Å²) in [7, 11) is -3.30. The van der Waals surface area contributed by atoms with Gasteiger partial charge in [0, 0.05) is 19.4 Å². The van der Waals surface area contributed by atoms with Crippen LogP contribution < -0.4 is 10.2 Å². The van der Waals surface area contributed by atoms with Gasteiger partial charge in [0.2, 0.25) is 5.91 Å². The zero-order valence-electron chi connectivity index (χ0n) is 19.7. The number of nitrogens with one attached hydrogen (secondary N) is 1.